The second-order valence-electron chi connectivity index (χ2n) is 7.90. The summed E-state index contributed by atoms with van der Waals surface area (Å²) < 4.78 is 17.6. The SMILES string of the molecule is CC=C(C)C(=O)O[C@@](C)(Cc1ccccc1)[C@H]1Cc2cc3ccc(=O)oc3cc2O1. The normalized spacial score (nSPS) is 17.8. The molecule has 0 bridgehead atoms. The van der Waals surface area contributed by atoms with E-state index in [4.69, 9.17) is 13.9 Å². The zero-order valence-corrected chi connectivity index (χ0v) is 17.3. The van der Waals surface area contributed by atoms with E-state index < -0.39 is 11.2 Å². The van der Waals surface area contributed by atoms with Gasteiger partial charge in [-0.05, 0) is 44.0 Å². The number of ether oxygens (including phenoxy) is 2. The van der Waals surface area contributed by atoms with Crippen molar-refractivity contribution in [1.29, 1.82) is 0 Å². The largest absolute Gasteiger partial charge is 0.485 e. The molecule has 0 radical (unpaired) electrons. The first-order valence-corrected chi connectivity index (χ1v) is 10.0. The summed E-state index contributed by atoms with van der Waals surface area (Å²) >= 11 is 0. The summed E-state index contributed by atoms with van der Waals surface area (Å²) in [7, 11) is 0. The van der Waals surface area contributed by atoms with Crippen LogP contribution in [0.15, 0.2) is 75.5 Å². The number of hydrogen-bond acceptors (Lipinski definition) is 5. The monoisotopic (exact) mass is 404 g/mol. The van der Waals surface area contributed by atoms with Crippen LogP contribution in [0.25, 0.3) is 11.0 Å². The molecule has 2 atom stereocenters. The van der Waals surface area contributed by atoms with E-state index in [9.17, 15) is 9.59 Å². The Kier molecular flexibility index (Phi) is 5.20. The molecule has 0 fully saturated rings. The summed E-state index contributed by atoms with van der Waals surface area (Å²) in [5, 5.41) is 0.837. The highest BCUT2D eigenvalue weighted by atomic mass is 16.6. The van der Waals surface area contributed by atoms with Crippen LogP contribution in [0.3, 0.4) is 0 Å². The van der Waals surface area contributed by atoms with Gasteiger partial charge in [-0.1, -0.05) is 36.4 Å². The highest BCUT2D eigenvalue weighted by Crippen LogP contribution is 2.38. The van der Waals surface area contributed by atoms with E-state index in [-0.39, 0.29) is 12.1 Å². The van der Waals surface area contributed by atoms with Gasteiger partial charge in [0.05, 0.1) is 0 Å². The second-order valence-corrected chi connectivity index (χ2v) is 7.90. The molecule has 2 heterocycles. The molecule has 30 heavy (non-hydrogen) atoms. The number of benzene rings is 2. The zero-order chi connectivity index (χ0) is 21.3. The molecule has 3 aromatic rings. The maximum absolute atomic E-state index is 12.6. The van der Waals surface area contributed by atoms with Crippen molar-refractivity contribution >= 4 is 16.9 Å². The average Bonchev–Trinajstić information content (AvgIpc) is 3.15. The van der Waals surface area contributed by atoms with Gasteiger partial charge in [0.25, 0.3) is 0 Å². The Labute approximate surface area is 174 Å². The molecule has 1 aliphatic rings. The predicted octanol–water partition coefficient (Wildman–Crippen LogP) is 4.61. The summed E-state index contributed by atoms with van der Waals surface area (Å²) in [5.41, 5.74) is 1.81. The lowest BCUT2D eigenvalue weighted by atomic mass is 9.88. The van der Waals surface area contributed by atoms with Crippen molar-refractivity contribution in [3.8, 4) is 5.75 Å². The van der Waals surface area contributed by atoms with Crippen molar-refractivity contribution in [2.24, 2.45) is 0 Å². The second kappa shape index (κ2) is 7.82. The van der Waals surface area contributed by atoms with Crippen LogP contribution >= 0.6 is 0 Å². The van der Waals surface area contributed by atoms with Gasteiger partial charge in [-0.15, -0.1) is 0 Å². The van der Waals surface area contributed by atoms with E-state index in [1.165, 1.54) is 6.07 Å². The van der Waals surface area contributed by atoms with Crippen LogP contribution in [-0.4, -0.2) is 17.7 Å². The van der Waals surface area contributed by atoms with Crippen molar-refractivity contribution in [1.82, 2.24) is 0 Å². The van der Waals surface area contributed by atoms with Crippen LogP contribution < -0.4 is 10.4 Å². The molecule has 0 amide bonds. The molecule has 2 aromatic carbocycles. The van der Waals surface area contributed by atoms with Crippen LogP contribution in [0.1, 0.15) is 31.9 Å². The molecule has 5 heteroatoms. The summed E-state index contributed by atoms with van der Waals surface area (Å²) in [4.78, 5) is 24.2. The predicted molar refractivity (Wildman–Crippen MR) is 115 cm³/mol. The van der Waals surface area contributed by atoms with Crippen LogP contribution in [0, 0.1) is 0 Å². The van der Waals surface area contributed by atoms with Gasteiger partial charge in [0.15, 0.2) is 5.60 Å². The van der Waals surface area contributed by atoms with Crippen LogP contribution in [-0.2, 0) is 22.4 Å². The maximum atomic E-state index is 12.6. The van der Waals surface area contributed by atoms with E-state index in [0.29, 0.717) is 29.7 Å². The number of allylic oxidation sites excluding steroid dienone is 1. The quantitative estimate of drug-likeness (QED) is 0.353. The lowest BCUT2D eigenvalue weighted by Gasteiger charge is -2.34. The van der Waals surface area contributed by atoms with Gasteiger partial charge in [-0.3, -0.25) is 0 Å². The molecule has 0 spiro atoms. The Bertz CT molecular complexity index is 1180. The molecule has 1 aliphatic heterocycles. The van der Waals surface area contributed by atoms with Gasteiger partial charge in [0.2, 0.25) is 0 Å². The van der Waals surface area contributed by atoms with Crippen molar-refractivity contribution in [2.75, 3.05) is 0 Å². The first kappa shape index (κ1) is 20.0. The minimum absolute atomic E-state index is 0.355. The average molecular weight is 404 g/mol. The van der Waals surface area contributed by atoms with Gasteiger partial charge in [-0.25, -0.2) is 9.59 Å². The van der Waals surface area contributed by atoms with Gasteiger partial charge in [0.1, 0.15) is 17.4 Å². The minimum atomic E-state index is -0.880. The van der Waals surface area contributed by atoms with Gasteiger partial charge in [0, 0.05) is 35.9 Å². The standard InChI is InChI=1S/C25H24O5/c1-4-16(2)24(27)30-25(3,15-17-8-6-5-7-9-17)22-13-19-12-18-10-11-23(26)29-20(18)14-21(19)28-22/h4-12,14,22H,13,15H2,1-3H3/t22-,25+/m1/s1. The van der Waals surface area contributed by atoms with Crippen molar-refractivity contribution in [3.05, 3.63) is 87.8 Å². The number of esters is 1. The lowest BCUT2D eigenvalue weighted by molar-refractivity contribution is -0.162. The summed E-state index contributed by atoms with van der Waals surface area (Å²) in [6.07, 6.45) is 2.48. The molecule has 5 nitrogen and oxygen atoms in total. The fraction of sp³-hybridized carbons (Fsp3) is 0.280. The first-order chi connectivity index (χ1) is 14.4. The number of hydrogen-bond donors (Lipinski definition) is 0. The van der Waals surface area contributed by atoms with E-state index in [1.807, 2.05) is 50.2 Å². The molecule has 0 unspecified atom stereocenters. The molecule has 0 saturated carbocycles. The fourth-order valence-corrected chi connectivity index (χ4v) is 3.78. The third-order valence-corrected chi connectivity index (χ3v) is 5.64. The van der Waals surface area contributed by atoms with Gasteiger partial charge < -0.3 is 13.9 Å². The Morgan fingerprint density at radius 2 is 1.97 bits per heavy atom. The molecule has 0 saturated heterocycles. The molecule has 0 N–H and O–H groups in total. The molecular formula is C25H24O5. The number of carbonyl (C=O) groups excluding carboxylic acids is 1. The Morgan fingerprint density at radius 3 is 2.70 bits per heavy atom. The van der Waals surface area contributed by atoms with Crippen LogP contribution in [0.5, 0.6) is 5.75 Å². The number of fused-ring (bicyclic) bond motifs is 2. The minimum Gasteiger partial charge on any atom is -0.485 e. The molecular weight excluding hydrogens is 380 g/mol. The first-order valence-electron chi connectivity index (χ1n) is 10.0. The Balaban J connectivity index is 1.68. The smallest absolute Gasteiger partial charge is 0.336 e. The van der Waals surface area contributed by atoms with Gasteiger partial charge in [-0.2, -0.15) is 0 Å². The highest BCUT2D eigenvalue weighted by molar-refractivity contribution is 5.88. The summed E-state index contributed by atoms with van der Waals surface area (Å²) in [6, 6.07) is 16.8. The van der Waals surface area contributed by atoms with E-state index >= 15 is 0 Å². The van der Waals surface area contributed by atoms with E-state index in [1.54, 1.807) is 25.1 Å². The third-order valence-electron chi connectivity index (χ3n) is 5.64. The van der Waals surface area contributed by atoms with Crippen molar-refractivity contribution in [2.45, 2.75) is 45.3 Å². The van der Waals surface area contributed by atoms with Gasteiger partial charge >= 0.3 is 11.6 Å². The molecule has 154 valence electrons. The topological polar surface area (TPSA) is 65.7 Å². The van der Waals surface area contributed by atoms with Crippen LogP contribution in [0.2, 0.25) is 0 Å². The summed E-state index contributed by atoms with van der Waals surface area (Å²) in [6.45, 7) is 5.47. The number of carbonyl (C=O) groups is 1. The third kappa shape index (κ3) is 3.88. The van der Waals surface area contributed by atoms with Crippen molar-refractivity contribution < 1.29 is 18.7 Å². The highest BCUT2D eigenvalue weighted by Gasteiger charge is 2.44. The Morgan fingerprint density at radius 1 is 1.20 bits per heavy atom. The molecule has 0 aliphatic carbocycles. The molecule has 1 aromatic heterocycles. The van der Waals surface area contributed by atoms with E-state index in [2.05, 4.69) is 0 Å². The maximum Gasteiger partial charge on any atom is 0.336 e. The zero-order valence-electron chi connectivity index (χ0n) is 17.3. The van der Waals surface area contributed by atoms with Crippen molar-refractivity contribution in [3.63, 3.8) is 0 Å². The Hall–Kier alpha value is -3.34. The molecule has 4 rings (SSSR count). The summed E-state index contributed by atoms with van der Waals surface area (Å²) in [5.74, 6) is 0.298. The van der Waals surface area contributed by atoms with E-state index in [0.717, 1.165) is 16.5 Å². The van der Waals surface area contributed by atoms with Crippen LogP contribution in [0.4, 0.5) is 0 Å². The lowest BCUT2D eigenvalue weighted by Crippen LogP contribution is -2.48. The number of rotatable bonds is 5. The fourth-order valence-electron chi connectivity index (χ4n) is 3.78.